The second-order valence-corrected chi connectivity index (χ2v) is 8.73. The molecule has 1 aliphatic heterocycles. The van der Waals surface area contributed by atoms with Gasteiger partial charge in [-0.3, -0.25) is 4.79 Å². The number of nitrogens with zero attached hydrogens (tertiary/aromatic N) is 4. The molecule has 34 heavy (non-hydrogen) atoms. The number of hydrogen-bond donors (Lipinski definition) is 0. The van der Waals surface area contributed by atoms with Crippen molar-refractivity contribution in [3.8, 4) is 0 Å². The number of carbonyl (C=O) groups is 2. The van der Waals surface area contributed by atoms with Gasteiger partial charge in [0.15, 0.2) is 0 Å². The molecule has 1 fully saturated rings. The molecule has 0 radical (unpaired) electrons. The van der Waals surface area contributed by atoms with Crippen LogP contribution in [0.5, 0.6) is 0 Å². The van der Waals surface area contributed by atoms with Crippen molar-refractivity contribution in [2.24, 2.45) is 5.11 Å². The third kappa shape index (κ3) is 5.18. The minimum absolute atomic E-state index is 0.0645. The van der Waals surface area contributed by atoms with Crippen LogP contribution in [0.2, 0.25) is 10.0 Å². The molecule has 7 nitrogen and oxygen atoms in total. The van der Waals surface area contributed by atoms with Crippen LogP contribution in [0.3, 0.4) is 0 Å². The van der Waals surface area contributed by atoms with Crippen LogP contribution in [-0.2, 0) is 16.0 Å². The molecule has 2 amide bonds. The molecule has 172 valence electrons. The molecular weight excluding hydrogens is 475 g/mol. The van der Waals surface area contributed by atoms with Gasteiger partial charge in [-0.25, -0.2) is 9.69 Å². The minimum atomic E-state index is -1.24. The third-order valence-electron chi connectivity index (χ3n) is 5.72. The first-order chi connectivity index (χ1) is 16.5. The molecule has 1 aliphatic rings. The molecule has 1 heterocycles. The average Bonchev–Trinajstić information content (AvgIpc) is 3.21. The average molecular weight is 495 g/mol. The lowest BCUT2D eigenvalue weighted by Gasteiger charge is -2.28. The topological polar surface area (TPSA) is 95.4 Å². The Morgan fingerprint density at radius 2 is 1.56 bits per heavy atom. The highest BCUT2D eigenvalue weighted by Gasteiger charge is 2.43. The summed E-state index contributed by atoms with van der Waals surface area (Å²) in [4.78, 5) is 30.4. The maximum atomic E-state index is 13.8. The monoisotopic (exact) mass is 494 g/mol. The molecule has 3 aromatic carbocycles. The highest BCUT2D eigenvalue weighted by Crippen LogP contribution is 2.34. The lowest BCUT2D eigenvalue weighted by molar-refractivity contribution is -0.130. The van der Waals surface area contributed by atoms with E-state index in [4.69, 9.17) is 27.9 Å². The smallest absolute Gasteiger partial charge is 0.416 e. The summed E-state index contributed by atoms with van der Waals surface area (Å²) in [5.74, 6) is -1.31. The van der Waals surface area contributed by atoms with Gasteiger partial charge >= 0.3 is 6.09 Å². The molecule has 4 rings (SSSR count). The first-order valence-electron chi connectivity index (χ1n) is 10.6. The fourth-order valence-electron chi connectivity index (χ4n) is 4.12. The molecule has 0 bridgehead atoms. The van der Waals surface area contributed by atoms with Gasteiger partial charge in [0.2, 0.25) is 5.91 Å². The van der Waals surface area contributed by atoms with Crippen molar-refractivity contribution in [3.63, 3.8) is 0 Å². The van der Waals surface area contributed by atoms with Crippen molar-refractivity contribution in [1.29, 1.82) is 0 Å². The molecule has 3 aromatic rings. The first kappa shape index (κ1) is 23.6. The zero-order valence-electron chi connectivity index (χ0n) is 17.9. The maximum Gasteiger partial charge on any atom is 0.416 e. The number of halogens is 2. The van der Waals surface area contributed by atoms with Crippen molar-refractivity contribution in [2.45, 2.75) is 24.4 Å². The Balaban J connectivity index is 1.73. The van der Waals surface area contributed by atoms with E-state index < -0.39 is 30.0 Å². The zero-order chi connectivity index (χ0) is 24.1. The van der Waals surface area contributed by atoms with E-state index in [2.05, 4.69) is 10.0 Å². The van der Waals surface area contributed by atoms with Crippen molar-refractivity contribution < 1.29 is 14.3 Å². The number of rotatable bonds is 7. The van der Waals surface area contributed by atoms with E-state index in [1.165, 1.54) is 0 Å². The lowest BCUT2D eigenvalue weighted by atomic mass is 9.84. The first-order valence-corrected chi connectivity index (χ1v) is 11.3. The van der Waals surface area contributed by atoms with Crippen molar-refractivity contribution in [2.75, 3.05) is 6.61 Å². The minimum Gasteiger partial charge on any atom is -0.447 e. The molecule has 0 spiro atoms. The molecule has 0 N–H and O–H groups in total. The quantitative estimate of drug-likeness (QED) is 0.216. The Kier molecular flexibility index (Phi) is 7.38. The van der Waals surface area contributed by atoms with Gasteiger partial charge in [-0.15, -0.1) is 0 Å². The summed E-state index contributed by atoms with van der Waals surface area (Å²) in [7, 11) is 0. The summed E-state index contributed by atoms with van der Waals surface area (Å²) in [6.07, 6.45) is -0.330. The van der Waals surface area contributed by atoms with Crippen LogP contribution in [0.4, 0.5) is 4.79 Å². The van der Waals surface area contributed by atoms with Gasteiger partial charge in [0.25, 0.3) is 0 Å². The van der Waals surface area contributed by atoms with Crippen LogP contribution in [0.1, 0.15) is 22.6 Å². The Hall–Kier alpha value is -3.51. The highest BCUT2D eigenvalue weighted by atomic mass is 35.5. The summed E-state index contributed by atoms with van der Waals surface area (Å²) in [6, 6.07) is 21.6. The van der Waals surface area contributed by atoms with Gasteiger partial charge in [0.1, 0.15) is 12.6 Å². The summed E-state index contributed by atoms with van der Waals surface area (Å²) in [5, 5.41) is 4.91. The number of azide groups is 1. The number of cyclic esters (lactones) is 1. The van der Waals surface area contributed by atoms with Crippen LogP contribution in [0.15, 0.2) is 84.0 Å². The van der Waals surface area contributed by atoms with Crippen LogP contribution in [-0.4, -0.2) is 35.6 Å². The van der Waals surface area contributed by atoms with Crippen LogP contribution in [0, 0.1) is 0 Å². The van der Waals surface area contributed by atoms with Gasteiger partial charge in [0, 0.05) is 20.9 Å². The third-order valence-corrected chi connectivity index (χ3v) is 6.22. The Labute approximate surface area is 206 Å². The summed E-state index contributed by atoms with van der Waals surface area (Å²) < 4.78 is 5.22. The van der Waals surface area contributed by atoms with E-state index in [-0.39, 0.29) is 6.61 Å². The summed E-state index contributed by atoms with van der Waals surface area (Å²) >= 11 is 12.1. The van der Waals surface area contributed by atoms with Crippen LogP contribution in [0.25, 0.3) is 10.4 Å². The number of carbonyl (C=O) groups excluding carboxylic acids is 2. The zero-order valence-corrected chi connectivity index (χ0v) is 19.4. The van der Waals surface area contributed by atoms with Crippen molar-refractivity contribution >= 4 is 35.2 Å². The number of benzene rings is 3. The molecule has 1 saturated heterocycles. The molecule has 2 atom stereocenters. The fourth-order valence-corrected chi connectivity index (χ4v) is 4.37. The second kappa shape index (κ2) is 10.6. The standard InChI is InChI=1S/C25H20Cl2N4O3/c26-19-10-6-17(7-11-19)22(18-8-12-20(27)13-9-18)23(29-30-28)24(32)31-21(15-34-25(31)33)14-16-4-2-1-3-5-16/h1-13,21-23H,14-15H2/t21-,23-/m0/s1. The van der Waals surface area contributed by atoms with E-state index >= 15 is 0 Å². The lowest BCUT2D eigenvalue weighted by Crippen LogP contribution is -2.47. The number of hydrogen-bond acceptors (Lipinski definition) is 4. The van der Waals surface area contributed by atoms with Crippen molar-refractivity contribution in [3.05, 3.63) is 116 Å². The van der Waals surface area contributed by atoms with E-state index in [1.54, 1.807) is 48.5 Å². The van der Waals surface area contributed by atoms with Crippen LogP contribution < -0.4 is 0 Å². The predicted molar refractivity (Wildman–Crippen MR) is 130 cm³/mol. The molecular formula is C25H20Cl2N4O3. The predicted octanol–water partition coefficient (Wildman–Crippen LogP) is 6.39. The molecule has 0 aromatic heterocycles. The van der Waals surface area contributed by atoms with Gasteiger partial charge in [-0.05, 0) is 52.9 Å². The fraction of sp³-hybridized carbons (Fsp3) is 0.200. The normalized spacial score (nSPS) is 16.1. The van der Waals surface area contributed by atoms with Crippen molar-refractivity contribution in [1.82, 2.24) is 4.90 Å². The van der Waals surface area contributed by atoms with Crippen LogP contribution >= 0.6 is 23.2 Å². The number of imide groups is 1. The van der Waals surface area contributed by atoms with E-state index in [0.29, 0.717) is 27.6 Å². The van der Waals surface area contributed by atoms with Gasteiger partial charge in [-0.2, -0.15) is 0 Å². The number of ether oxygens (including phenoxy) is 1. The largest absolute Gasteiger partial charge is 0.447 e. The molecule has 0 saturated carbocycles. The van der Waals surface area contributed by atoms with Gasteiger partial charge < -0.3 is 4.74 Å². The Morgan fingerprint density at radius 1 is 1.00 bits per heavy atom. The van der Waals surface area contributed by atoms with E-state index in [1.807, 2.05) is 30.3 Å². The highest BCUT2D eigenvalue weighted by molar-refractivity contribution is 6.30. The Bertz CT molecular complexity index is 1170. The van der Waals surface area contributed by atoms with E-state index in [9.17, 15) is 15.1 Å². The maximum absolute atomic E-state index is 13.8. The summed E-state index contributed by atoms with van der Waals surface area (Å²) in [5.41, 5.74) is 11.7. The SMILES string of the molecule is [N-]=[N+]=N[C@H](C(=O)N1C(=O)OC[C@@H]1Cc1ccccc1)C(c1ccc(Cl)cc1)c1ccc(Cl)cc1. The van der Waals surface area contributed by atoms with E-state index in [0.717, 1.165) is 10.5 Å². The van der Waals surface area contributed by atoms with Gasteiger partial charge in [0.05, 0.1) is 6.04 Å². The molecule has 0 unspecified atom stereocenters. The molecule has 9 heteroatoms. The second-order valence-electron chi connectivity index (χ2n) is 7.86. The molecule has 0 aliphatic carbocycles. The number of amides is 2. The Morgan fingerprint density at radius 3 is 2.09 bits per heavy atom. The van der Waals surface area contributed by atoms with Gasteiger partial charge in [-0.1, -0.05) is 82.9 Å². The summed E-state index contributed by atoms with van der Waals surface area (Å²) in [6.45, 7) is 0.0645.